The summed E-state index contributed by atoms with van der Waals surface area (Å²) in [6.45, 7) is 1.65. The molecule has 0 atom stereocenters. The Bertz CT molecular complexity index is 831. The van der Waals surface area contributed by atoms with Crippen LogP contribution in [0.15, 0.2) is 28.8 Å². The molecule has 2 aromatic rings. The van der Waals surface area contributed by atoms with E-state index in [-0.39, 0.29) is 24.5 Å². The van der Waals surface area contributed by atoms with Crippen molar-refractivity contribution in [2.24, 2.45) is 0 Å². The fourth-order valence-electron chi connectivity index (χ4n) is 2.60. The number of benzene rings is 1. The molecule has 1 aliphatic carbocycles. The van der Waals surface area contributed by atoms with E-state index in [1.807, 2.05) is 0 Å². The lowest BCUT2D eigenvalue weighted by molar-refractivity contribution is -0.116. The number of nitrogens with one attached hydrogen (secondary N) is 2. The molecule has 9 heteroatoms. The molecule has 1 aromatic heterocycles. The van der Waals surface area contributed by atoms with Gasteiger partial charge in [-0.15, -0.1) is 0 Å². The van der Waals surface area contributed by atoms with Gasteiger partial charge in [-0.1, -0.05) is 5.16 Å². The van der Waals surface area contributed by atoms with E-state index in [1.54, 1.807) is 38.3 Å². The third-order valence-electron chi connectivity index (χ3n) is 4.11. The lowest BCUT2D eigenvalue weighted by Gasteiger charge is -2.22. The van der Waals surface area contributed by atoms with Crippen LogP contribution in [0.1, 0.15) is 18.6 Å². The predicted molar refractivity (Wildman–Crippen MR) is 98.2 cm³/mol. The van der Waals surface area contributed by atoms with Crippen LogP contribution in [0.4, 0.5) is 16.3 Å². The zero-order valence-corrected chi connectivity index (χ0v) is 15.4. The first-order chi connectivity index (χ1) is 13.0. The van der Waals surface area contributed by atoms with Crippen LogP contribution in [0.3, 0.4) is 0 Å². The highest BCUT2D eigenvalue weighted by molar-refractivity contribution is 5.97. The minimum atomic E-state index is -0.368. The van der Waals surface area contributed by atoms with Gasteiger partial charge in [-0.3, -0.25) is 4.79 Å². The van der Waals surface area contributed by atoms with Crippen molar-refractivity contribution < 1.29 is 23.6 Å². The molecule has 1 aliphatic rings. The number of aromatic nitrogens is 1. The van der Waals surface area contributed by atoms with Crippen molar-refractivity contribution in [3.05, 3.63) is 30.0 Å². The molecule has 0 unspecified atom stereocenters. The third-order valence-corrected chi connectivity index (χ3v) is 4.11. The van der Waals surface area contributed by atoms with Crippen molar-refractivity contribution in [3.8, 4) is 11.5 Å². The highest BCUT2D eigenvalue weighted by Gasteiger charge is 2.34. The second-order valence-corrected chi connectivity index (χ2v) is 6.23. The van der Waals surface area contributed by atoms with Crippen LogP contribution < -0.4 is 20.1 Å². The zero-order chi connectivity index (χ0) is 19.4. The molecule has 3 amide bonds. The Labute approximate surface area is 156 Å². The number of nitrogens with zero attached hydrogens (tertiary/aromatic N) is 2. The van der Waals surface area contributed by atoms with E-state index in [0.29, 0.717) is 28.8 Å². The molecule has 0 bridgehead atoms. The van der Waals surface area contributed by atoms with Crippen molar-refractivity contribution in [1.82, 2.24) is 10.1 Å². The van der Waals surface area contributed by atoms with E-state index in [4.69, 9.17) is 14.0 Å². The van der Waals surface area contributed by atoms with Crippen LogP contribution in [0.25, 0.3) is 0 Å². The van der Waals surface area contributed by atoms with Crippen LogP contribution in [0.2, 0.25) is 0 Å². The molecular weight excluding hydrogens is 352 g/mol. The number of anilines is 2. The van der Waals surface area contributed by atoms with Crippen molar-refractivity contribution in [3.63, 3.8) is 0 Å². The molecule has 0 aliphatic heterocycles. The molecule has 1 heterocycles. The average molecular weight is 374 g/mol. The van der Waals surface area contributed by atoms with E-state index in [9.17, 15) is 9.59 Å². The number of carbonyl (C=O) groups is 2. The molecule has 0 spiro atoms. The lowest BCUT2D eigenvalue weighted by Crippen LogP contribution is -2.42. The summed E-state index contributed by atoms with van der Waals surface area (Å²) < 4.78 is 15.4. The number of urea groups is 1. The lowest BCUT2D eigenvalue weighted by atomic mass is 10.2. The van der Waals surface area contributed by atoms with Gasteiger partial charge >= 0.3 is 6.03 Å². The van der Waals surface area contributed by atoms with E-state index in [0.717, 1.165) is 12.8 Å². The van der Waals surface area contributed by atoms with Crippen LogP contribution >= 0.6 is 0 Å². The van der Waals surface area contributed by atoms with Gasteiger partial charge in [0, 0.05) is 18.2 Å². The summed E-state index contributed by atoms with van der Waals surface area (Å²) in [6.07, 6.45) is 1.73. The highest BCUT2D eigenvalue weighted by atomic mass is 16.5. The number of methoxy groups -OCH3 is 2. The van der Waals surface area contributed by atoms with Gasteiger partial charge in [0.15, 0.2) is 5.82 Å². The number of aryl methyl sites for hydroxylation is 1. The second-order valence-electron chi connectivity index (χ2n) is 6.23. The van der Waals surface area contributed by atoms with Gasteiger partial charge in [-0.2, -0.15) is 0 Å². The summed E-state index contributed by atoms with van der Waals surface area (Å²) in [5, 5.41) is 9.15. The number of ether oxygens (including phenoxy) is 2. The monoisotopic (exact) mass is 374 g/mol. The fourth-order valence-corrected chi connectivity index (χ4v) is 2.60. The predicted octanol–water partition coefficient (Wildman–Crippen LogP) is 2.64. The third kappa shape index (κ3) is 4.69. The van der Waals surface area contributed by atoms with E-state index in [1.165, 1.54) is 12.0 Å². The Kier molecular flexibility index (Phi) is 5.49. The summed E-state index contributed by atoms with van der Waals surface area (Å²) in [4.78, 5) is 26.5. The summed E-state index contributed by atoms with van der Waals surface area (Å²) in [5.74, 6) is 1.67. The maximum absolute atomic E-state index is 12.7. The molecule has 3 rings (SSSR count). The van der Waals surface area contributed by atoms with Crippen molar-refractivity contribution in [1.29, 1.82) is 0 Å². The normalized spacial score (nSPS) is 13.0. The van der Waals surface area contributed by atoms with Crippen LogP contribution in [-0.4, -0.2) is 48.8 Å². The molecule has 144 valence electrons. The molecular formula is C18H22N4O5. The number of carbonyl (C=O) groups excluding carboxylic acids is 2. The number of rotatable bonds is 7. The summed E-state index contributed by atoms with van der Waals surface area (Å²) in [6, 6.07) is 6.38. The summed E-state index contributed by atoms with van der Waals surface area (Å²) in [7, 11) is 3.06. The van der Waals surface area contributed by atoms with Crippen LogP contribution in [-0.2, 0) is 4.79 Å². The fraction of sp³-hybridized carbons (Fsp3) is 0.389. The van der Waals surface area contributed by atoms with E-state index in [2.05, 4.69) is 15.8 Å². The first-order valence-corrected chi connectivity index (χ1v) is 8.53. The van der Waals surface area contributed by atoms with Crippen LogP contribution in [0, 0.1) is 6.92 Å². The Morgan fingerprint density at radius 1 is 1.22 bits per heavy atom. The molecule has 1 fully saturated rings. The molecule has 0 saturated heterocycles. The first-order valence-electron chi connectivity index (χ1n) is 8.53. The quantitative estimate of drug-likeness (QED) is 0.772. The summed E-state index contributed by atoms with van der Waals surface area (Å²) >= 11 is 0. The van der Waals surface area contributed by atoms with E-state index < -0.39 is 0 Å². The van der Waals surface area contributed by atoms with Gasteiger partial charge in [-0.05, 0) is 31.9 Å². The van der Waals surface area contributed by atoms with Gasteiger partial charge in [0.2, 0.25) is 5.91 Å². The molecule has 0 radical (unpaired) electrons. The minimum absolute atomic E-state index is 0.0408. The Morgan fingerprint density at radius 3 is 2.59 bits per heavy atom. The standard InChI is InChI=1S/C18H22N4O5/c1-11-8-16(21-27-11)20-17(23)10-22(12-4-5-12)18(24)19-14-7-6-13(25-2)9-15(14)26-3/h6-9,12H,4-5,10H2,1-3H3,(H,19,24)(H,20,21,23). The first kappa shape index (κ1) is 18.6. The Balaban J connectivity index is 1.66. The molecule has 1 saturated carbocycles. The molecule has 27 heavy (non-hydrogen) atoms. The van der Waals surface area contributed by atoms with Gasteiger partial charge < -0.3 is 29.5 Å². The molecule has 9 nitrogen and oxygen atoms in total. The molecule has 2 N–H and O–H groups in total. The maximum Gasteiger partial charge on any atom is 0.322 e. The maximum atomic E-state index is 12.7. The number of amides is 3. The Morgan fingerprint density at radius 2 is 2.00 bits per heavy atom. The van der Waals surface area contributed by atoms with E-state index >= 15 is 0 Å². The topological polar surface area (TPSA) is 106 Å². The van der Waals surface area contributed by atoms with Crippen LogP contribution in [0.5, 0.6) is 11.5 Å². The zero-order valence-electron chi connectivity index (χ0n) is 15.4. The second kappa shape index (κ2) is 7.98. The SMILES string of the molecule is COc1ccc(NC(=O)N(CC(=O)Nc2cc(C)on2)C2CC2)c(OC)c1. The van der Waals surface area contributed by atoms with Crippen molar-refractivity contribution in [2.75, 3.05) is 31.4 Å². The van der Waals surface area contributed by atoms with Crippen molar-refractivity contribution in [2.45, 2.75) is 25.8 Å². The number of hydrogen-bond acceptors (Lipinski definition) is 6. The van der Waals surface area contributed by atoms with Crippen molar-refractivity contribution >= 4 is 23.4 Å². The highest BCUT2D eigenvalue weighted by Crippen LogP contribution is 2.31. The average Bonchev–Trinajstić information content (AvgIpc) is 3.42. The van der Waals surface area contributed by atoms with Gasteiger partial charge in [0.05, 0.1) is 19.9 Å². The minimum Gasteiger partial charge on any atom is -0.497 e. The number of hydrogen-bond donors (Lipinski definition) is 2. The van der Waals surface area contributed by atoms with Gasteiger partial charge in [0.1, 0.15) is 23.8 Å². The van der Waals surface area contributed by atoms with Gasteiger partial charge in [-0.25, -0.2) is 4.79 Å². The smallest absolute Gasteiger partial charge is 0.322 e. The molecule has 1 aromatic carbocycles. The Hall–Kier alpha value is -3.23. The summed E-state index contributed by atoms with van der Waals surface area (Å²) in [5.41, 5.74) is 0.501. The van der Waals surface area contributed by atoms with Gasteiger partial charge in [0.25, 0.3) is 0 Å². The largest absolute Gasteiger partial charge is 0.497 e.